The fourth-order valence-electron chi connectivity index (χ4n) is 0.130. The molecule has 0 fully saturated rings. The third kappa shape index (κ3) is 31.5. The fraction of sp³-hybridized carbons (Fsp3) is 1.00. The van der Waals surface area contributed by atoms with Gasteiger partial charge in [0.05, 0.1) is 12.8 Å². The van der Waals surface area contributed by atoms with Gasteiger partial charge in [0.2, 0.25) is 0 Å². The van der Waals surface area contributed by atoms with Crippen molar-refractivity contribution in [2.24, 2.45) is 0 Å². The van der Waals surface area contributed by atoms with Gasteiger partial charge >= 0.3 is 213 Å². The van der Waals surface area contributed by atoms with E-state index in [2.05, 4.69) is 0 Å². The van der Waals surface area contributed by atoms with Crippen molar-refractivity contribution < 1.29 is 231 Å². The van der Waals surface area contributed by atoms with E-state index in [9.17, 15) is 4.57 Å². The summed E-state index contributed by atoms with van der Waals surface area (Å²) >= 11 is 0. The third-order valence-corrected chi connectivity index (χ3v) is 1.17. The minimum absolute atomic E-state index is 0. The van der Waals surface area contributed by atoms with Gasteiger partial charge in [0.1, 0.15) is 0 Å². The van der Waals surface area contributed by atoms with Crippen molar-refractivity contribution in [1.29, 1.82) is 0 Å². The molecule has 9 heteroatoms. The summed E-state index contributed by atoms with van der Waals surface area (Å²) in [5.41, 5.74) is 0. The maximum atomic E-state index is 9.77. The smallest absolute Gasteiger partial charge is 1.00 e. The van der Waals surface area contributed by atoms with Crippen LogP contribution in [0.5, 0.6) is 0 Å². The second-order valence-corrected chi connectivity index (χ2v) is 2.89. The van der Waals surface area contributed by atoms with Crippen molar-refractivity contribution in [1.82, 2.24) is 0 Å². The first-order valence-corrected chi connectivity index (χ1v) is 3.51. The van der Waals surface area contributed by atoms with E-state index in [4.69, 9.17) is 14.9 Å². The molecular weight excluding hydrogens is 275 g/mol. The Kier molecular flexibility index (Phi) is 52.8. The van der Waals surface area contributed by atoms with Gasteiger partial charge in [0.15, 0.2) is 0 Å². The number of hydrogen-bond donors (Lipinski definition) is 3. The van der Waals surface area contributed by atoms with E-state index < -0.39 is 20.4 Å². The van der Waals surface area contributed by atoms with Gasteiger partial charge in [-0.05, 0) is 0 Å². The van der Waals surface area contributed by atoms with E-state index in [0.717, 1.165) is 0 Å². The summed E-state index contributed by atoms with van der Waals surface area (Å²) < 4.78 is 9.77. The van der Waals surface area contributed by atoms with Gasteiger partial charge in [-0.1, -0.05) is 0 Å². The van der Waals surface area contributed by atoms with Crippen LogP contribution in [0.1, 0.15) is 5.71 Å². The van der Waals surface area contributed by atoms with Crippen LogP contribution in [-0.4, -0.2) is 27.7 Å². The van der Waals surface area contributed by atoms with Crippen LogP contribution < -0.4 is 206 Å². The Morgan fingerprint density at radius 1 is 1.09 bits per heavy atom. The predicted molar refractivity (Wildman–Crippen MR) is 28.4 cm³/mol. The molecule has 0 aliphatic rings. The molecule has 4 nitrogen and oxygen atoms in total. The summed E-state index contributed by atoms with van der Waals surface area (Å²) in [6, 6.07) is 0. The average Bonchev–Trinajstić information content (AvgIpc) is 1.30. The van der Waals surface area contributed by atoms with Gasteiger partial charge in [0, 0.05) is 0 Å². The van der Waals surface area contributed by atoms with E-state index in [1.54, 1.807) is 0 Å². The van der Waals surface area contributed by atoms with E-state index in [0.29, 0.717) is 0 Å². The second-order valence-electron chi connectivity index (χ2n) is 1.11. The number of aliphatic hydroxyl groups excluding tert-OH is 1. The van der Waals surface area contributed by atoms with Gasteiger partial charge < -0.3 is 20.6 Å². The Morgan fingerprint density at radius 2 is 1.36 bits per heavy atom. The fourth-order valence-corrected chi connectivity index (χ4v) is 0.391. The molecule has 0 radical (unpaired) electrons. The molecule has 0 unspecified atom stereocenters. The molecule has 0 saturated carbocycles. The van der Waals surface area contributed by atoms with Gasteiger partial charge in [-0.3, -0.25) is 4.57 Å². The van der Waals surface area contributed by atoms with Crippen LogP contribution in [0.4, 0.5) is 0 Å². The molecule has 0 saturated heterocycles. The van der Waals surface area contributed by atoms with Crippen LogP contribution in [0, 0.1) is 0 Å². The van der Waals surface area contributed by atoms with Gasteiger partial charge in [-0.2, -0.15) is 0 Å². The van der Waals surface area contributed by atoms with Crippen LogP contribution in [0.3, 0.4) is 0 Å². The number of hydrogen-bond acceptors (Lipinski definition) is 2. The van der Waals surface area contributed by atoms with Gasteiger partial charge in [-0.15, -0.1) is 0 Å². The Morgan fingerprint density at radius 3 is 1.36 bits per heavy atom. The molecule has 0 aromatic carbocycles. The van der Waals surface area contributed by atoms with Crippen molar-refractivity contribution in [3.8, 4) is 0 Å². The van der Waals surface area contributed by atoms with Crippen molar-refractivity contribution in [3.05, 3.63) is 0 Å². The summed E-state index contributed by atoms with van der Waals surface area (Å²) in [7, 11) is -3.92. The molecule has 0 aliphatic heterocycles. The Bertz CT molecular complexity index is 107. The first kappa shape index (κ1) is 30.6. The maximum Gasteiger partial charge on any atom is 1.00 e. The molecule has 0 spiro atoms. The molecule has 0 aromatic rings. The first-order valence-electron chi connectivity index (χ1n) is 1.72. The van der Waals surface area contributed by atoms with E-state index in [1.165, 1.54) is 0 Å². The van der Waals surface area contributed by atoms with Gasteiger partial charge in [-0.25, -0.2) is 0 Å². The molecule has 3 N–H and O–H groups in total. The molecule has 0 aliphatic carbocycles. The molecule has 52 valence electrons. The molecular formula is C2H11K4O4P. The summed E-state index contributed by atoms with van der Waals surface area (Å²) in [5, 5.41) is 7.91. The summed E-state index contributed by atoms with van der Waals surface area (Å²) in [5.74, 6) is 0. The summed E-state index contributed by atoms with van der Waals surface area (Å²) in [6.07, 6.45) is -0.438. The van der Waals surface area contributed by atoms with Crippen molar-refractivity contribution in [2.45, 2.75) is 0 Å². The topological polar surface area (TPSA) is 77.8 Å². The zero-order valence-electron chi connectivity index (χ0n) is 11.6. The van der Waals surface area contributed by atoms with Crippen LogP contribution in [0.25, 0.3) is 0 Å². The van der Waals surface area contributed by atoms with E-state index >= 15 is 0 Å². The molecule has 0 rings (SSSR count). The van der Waals surface area contributed by atoms with Crippen LogP contribution in [0.2, 0.25) is 0 Å². The second kappa shape index (κ2) is 19.0. The number of aliphatic hydroxyl groups is 1. The summed E-state index contributed by atoms with van der Waals surface area (Å²) in [4.78, 5) is 15.9. The van der Waals surface area contributed by atoms with Crippen molar-refractivity contribution in [2.75, 3.05) is 12.8 Å². The zero-order valence-corrected chi connectivity index (χ0v) is 21.0. The standard InChI is InChI=1S/C2H7O4P.4K.4H/c3-1-2-7(4,5)6;;;;;;;;/h3H,1-2H2,(H2,4,5,6);;;;;;;;/q;4*+1;4*-1. The molecule has 0 aromatic heterocycles. The minimum Gasteiger partial charge on any atom is -1.00 e. The molecule has 11 heavy (non-hydrogen) atoms. The SMILES string of the molecule is O=P(O)(O)CCO.[H-].[H-].[H-].[H-].[K+].[K+].[K+].[K+]. The molecule has 0 heterocycles. The van der Waals surface area contributed by atoms with E-state index in [1.807, 2.05) is 0 Å². The maximum absolute atomic E-state index is 9.77. The molecule has 0 bridgehead atoms. The largest absolute Gasteiger partial charge is 1.00 e. The Balaban J connectivity index is -0.00000000643. The predicted octanol–water partition coefficient (Wildman–Crippen LogP) is -12.4. The van der Waals surface area contributed by atoms with Crippen LogP contribution in [-0.2, 0) is 4.57 Å². The third-order valence-electron chi connectivity index (χ3n) is 0.391. The van der Waals surface area contributed by atoms with Gasteiger partial charge in [0.25, 0.3) is 0 Å². The average molecular weight is 286 g/mol. The normalized spacial score (nSPS) is 7.55. The van der Waals surface area contributed by atoms with Crippen LogP contribution in [0.15, 0.2) is 0 Å². The van der Waals surface area contributed by atoms with Crippen molar-refractivity contribution >= 4 is 7.60 Å². The Hall–Kier alpha value is 6.66. The van der Waals surface area contributed by atoms with Crippen molar-refractivity contribution in [3.63, 3.8) is 0 Å². The summed E-state index contributed by atoms with van der Waals surface area (Å²) in [6.45, 7) is -0.454. The first-order chi connectivity index (χ1) is 3.06. The minimum atomic E-state index is -3.92. The zero-order chi connectivity index (χ0) is 5.91. The van der Waals surface area contributed by atoms with E-state index in [-0.39, 0.29) is 211 Å². The quantitative estimate of drug-likeness (QED) is 0.348. The number of rotatable bonds is 2. The monoisotopic (exact) mass is 286 g/mol. The Labute approximate surface area is 243 Å². The van der Waals surface area contributed by atoms with Crippen LogP contribution >= 0.6 is 7.60 Å². The molecule has 0 amide bonds. The molecule has 0 atom stereocenters.